The Morgan fingerprint density at radius 3 is 2.43 bits per heavy atom. The summed E-state index contributed by atoms with van der Waals surface area (Å²) < 4.78 is 0. The van der Waals surface area contributed by atoms with Crippen molar-refractivity contribution in [1.82, 2.24) is 0 Å². The molecular weight excluding hydrogens is 90.1 g/mol. The first kappa shape index (κ1) is 6.63. The lowest BCUT2D eigenvalue weighted by atomic mass is 10.2. The van der Waals surface area contributed by atoms with Crippen LogP contribution < -0.4 is 5.73 Å². The van der Waals surface area contributed by atoms with Gasteiger partial charge in [0.1, 0.15) is 5.78 Å². The third kappa shape index (κ3) is 5.63. The van der Waals surface area contributed by atoms with Crippen LogP contribution in [0.4, 0.5) is 0 Å². The molecule has 2 N–H and O–H groups in total. The fourth-order valence-electron chi connectivity index (χ4n) is 0.351. The zero-order valence-electron chi connectivity index (χ0n) is 4.61. The zero-order valence-corrected chi connectivity index (χ0v) is 4.61. The van der Waals surface area contributed by atoms with E-state index in [9.17, 15) is 4.79 Å². The van der Waals surface area contributed by atoms with Crippen LogP contribution in [0.3, 0.4) is 0 Å². The summed E-state index contributed by atoms with van der Waals surface area (Å²) in [5.41, 5.74) is 5.12. The van der Waals surface area contributed by atoms with Gasteiger partial charge in [-0.2, -0.15) is 0 Å². The van der Waals surface area contributed by atoms with Crippen LogP contribution in [-0.4, -0.2) is 12.3 Å². The van der Waals surface area contributed by atoms with Gasteiger partial charge in [0.15, 0.2) is 0 Å². The largest absolute Gasteiger partial charge is 0.330 e. The highest BCUT2D eigenvalue weighted by molar-refractivity contribution is 5.75. The molecule has 0 aromatic heterocycles. The van der Waals surface area contributed by atoms with E-state index >= 15 is 0 Å². The van der Waals surface area contributed by atoms with Crippen molar-refractivity contribution >= 4 is 5.78 Å². The fraction of sp³-hybridized carbons (Fsp3) is 0.800. The standard InChI is InChI=1S/C5H11NO/c1-5(7)3-2-4-6/h2-4,6H2,1H3. The summed E-state index contributed by atoms with van der Waals surface area (Å²) in [5, 5.41) is 0. The van der Waals surface area contributed by atoms with E-state index in [1.807, 2.05) is 0 Å². The molecule has 0 bridgehead atoms. The van der Waals surface area contributed by atoms with Gasteiger partial charge in [0, 0.05) is 6.42 Å². The fourth-order valence-corrected chi connectivity index (χ4v) is 0.351. The molecule has 0 rings (SSSR count). The van der Waals surface area contributed by atoms with Gasteiger partial charge in [0.05, 0.1) is 0 Å². The maximum atomic E-state index is 10.1. The van der Waals surface area contributed by atoms with Gasteiger partial charge >= 0.3 is 0 Å². The van der Waals surface area contributed by atoms with E-state index in [1.165, 1.54) is 0 Å². The lowest BCUT2D eigenvalue weighted by molar-refractivity contribution is -0.117. The van der Waals surface area contributed by atoms with E-state index in [4.69, 9.17) is 5.73 Å². The molecule has 0 aromatic rings. The molecule has 0 atom stereocenters. The highest BCUT2D eigenvalue weighted by atomic mass is 16.1. The molecule has 0 aliphatic heterocycles. The first-order chi connectivity index (χ1) is 3.27. The molecule has 0 spiro atoms. The van der Waals surface area contributed by atoms with Crippen LogP contribution in [0.2, 0.25) is 0 Å². The van der Waals surface area contributed by atoms with Crippen LogP contribution in [0.15, 0.2) is 0 Å². The van der Waals surface area contributed by atoms with Gasteiger partial charge in [-0.05, 0) is 19.9 Å². The van der Waals surface area contributed by atoms with Crippen molar-refractivity contribution in [3.8, 4) is 0 Å². The van der Waals surface area contributed by atoms with Crippen molar-refractivity contribution in [1.29, 1.82) is 0 Å². The molecular formula is C5H11NO. The second-order valence-electron chi connectivity index (χ2n) is 1.59. The van der Waals surface area contributed by atoms with Crippen molar-refractivity contribution in [3.63, 3.8) is 0 Å². The van der Waals surface area contributed by atoms with Crippen LogP contribution in [0.1, 0.15) is 19.8 Å². The highest BCUT2D eigenvalue weighted by Gasteiger charge is 1.87. The highest BCUT2D eigenvalue weighted by Crippen LogP contribution is 1.84. The summed E-state index contributed by atoms with van der Waals surface area (Å²) in [5.74, 6) is 0.227. The molecule has 0 amide bonds. The third-order valence-electron chi connectivity index (χ3n) is 0.733. The lowest BCUT2D eigenvalue weighted by Crippen LogP contribution is -2.00. The van der Waals surface area contributed by atoms with Crippen molar-refractivity contribution in [2.45, 2.75) is 19.8 Å². The maximum Gasteiger partial charge on any atom is 0.129 e. The summed E-state index contributed by atoms with van der Waals surface area (Å²) >= 11 is 0. The molecule has 0 heterocycles. The number of carbonyl (C=O) groups is 1. The van der Waals surface area contributed by atoms with Crippen molar-refractivity contribution in [2.75, 3.05) is 6.54 Å². The maximum absolute atomic E-state index is 10.1. The smallest absolute Gasteiger partial charge is 0.129 e. The quantitative estimate of drug-likeness (QED) is 0.556. The first-order valence-electron chi connectivity index (χ1n) is 2.47. The summed E-state index contributed by atoms with van der Waals surface area (Å²) in [6, 6.07) is 0. The molecule has 0 aliphatic carbocycles. The number of hydrogen-bond donors (Lipinski definition) is 1. The van der Waals surface area contributed by atoms with Gasteiger partial charge in [-0.1, -0.05) is 0 Å². The van der Waals surface area contributed by atoms with E-state index in [2.05, 4.69) is 0 Å². The number of hydrogen-bond acceptors (Lipinski definition) is 2. The van der Waals surface area contributed by atoms with Crippen molar-refractivity contribution < 1.29 is 4.79 Å². The molecule has 0 aliphatic rings. The Bertz CT molecular complexity index is 61.1. The van der Waals surface area contributed by atoms with E-state index in [0.29, 0.717) is 13.0 Å². The van der Waals surface area contributed by atoms with Gasteiger partial charge in [-0.15, -0.1) is 0 Å². The second-order valence-corrected chi connectivity index (χ2v) is 1.59. The molecule has 0 saturated carbocycles. The number of carbonyl (C=O) groups excluding carboxylic acids is 1. The normalized spacial score (nSPS) is 8.86. The van der Waals surface area contributed by atoms with Crippen molar-refractivity contribution in [3.05, 3.63) is 0 Å². The molecule has 0 unspecified atom stereocenters. The Labute approximate surface area is 43.7 Å². The van der Waals surface area contributed by atoms with Crippen LogP contribution >= 0.6 is 0 Å². The van der Waals surface area contributed by atoms with E-state index in [0.717, 1.165) is 6.42 Å². The minimum absolute atomic E-state index is 0.227. The van der Waals surface area contributed by atoms with E-state index in [-0.39, 0.29) is 5.78 Å². The van der Waals surface area contributed by atoms with E-state index < -0.39 is 0 Å². The number of rotatable bonds is 3. The van der Waals surface area contributed by atoms with Crippen LogP contribution in [0, 0.1) is 0 Å². The topological polar surface area (TPSA) is 43.1 Å². The summed E-state index contributed by atoms with van der Waals surface area (Å²) in [6.07, 6.45) is 1.46. The predicted molar refractivity (Wildman–Crippen MR) is 29.0 cm³/mol. The predicted octanol–water partition coefficient (Wildman–Crippen LogP) is 0.314. The van der Waals surface area contributed by atoms with Crippen LogP contribution in [-0.2, 0) is 4.79 Å². The molecule has 7 heavy (non-hydrogen) atoms. The molecule has 0 radical (unpaired) electrons. The minimum atomic E-state index is 0.227. The summed E-state index contributed by atoms with van der Waals surface area (Å²) in [7, 11) is 0. The summed E-state index contributed by atoms with van der Waals surface area (Å²) in [6.45, 7) is 2.20. The molecule has 42 valence electrons. The average molecular weight is 101 g/mol. The molecule has 0 saturated heterocycles. The molecule has 2 nitrogen and oxygen atoms in total. The molecule has 0 aromatic carbocycles. The Balaban J connectivity index is 2.82. The average Bonchev–Trinajstić information content (AvgIpc) is 1.61. The molecule has 2 heteroatoms. The number of nitrogens with two attached hydrogens (primary N) is 1. The Morgan fingerprint density at radius 2 is 2.29 bits per heavy atom. The lowest BCUT2D eigenvalue weighted by Gasteiger charge is -1.87. The molecule has 0 fully saturated rings. The number of Topliss-reactive ketones (excluding diaryl/α,β-unsaturated/α-hetero) is 1. The first-order valence-corrected chi connectivity index (χ1v) is 2.47. The Morgan fingerprint density at radius 1 is 1.71 bits per heavy atom. The van der Waals surface area contributed by atoms with Crippen molar-refractivity contribution in [2.24, 2.45) is 5.73 Å². The van der Waals surface area contributed by atoms with Crippen LogP contribution in [0.5, 0.6) is 0 Å². The van der Waals surface area contributed by atoms with Crippen LogP contribution in [0.25, 0.3) is 0 Å². The zero-order chi connectivity index (χ0) is 5.70. The number of ketones is 1. The van der Waals surface area contributed by atoms with Gasteiger partial charge in [0.25, 0.3) is 0 Å². The minimum Gasteiger partial charge on any atom is -0.330 e. The SMILES string of the molecule is CC(=O)CCCN. The Kier molecular flexibility index (Phi) is 3.61. The van der Waals surface area contributed by atoms with Gasteiger partial charge in [0.2, 0.25) is 0 Å². The van der Waals surface area contributed by atoms with E-state index in [1.54, 1.807) is 6.92 Å². The van der Waals surface area contributed by atoms with Gasteiger partial charge < -0.3 is 10.5 Å². The van der Waals surface area contributed by atoms with Gasteiger partial charge in [-0.3, -0.25) is 0 Å². The Hall–Kier alpha value is -0.370. The second kappa shape index (κ2) is 3.81. The third-order valence-corrected chi connectivity index (χ3v) is 0.733. The summed E-state index contributed by atoms with van der Waals surface area (Å²) in [4.78, 5) is 10.1. The van der Waals surface area contributed by atoms with Gasteiger partial charge in [-0.25, -0.2) is 0 Å². The monoisotopic (exact) mass is 101 g/mol.